The predicted molar refractivity (Wildman–Crippen MR) is 64.9 cm³/mol. The minimum atomic E-state index is -0.343. The normalized spacial score (nSPS) is 22.6. The van der Waals surface area contributed by atoms with Crippen molar-refractivity contribution in [3.8, 4) is 0 Å². The second kappa shape index (κ2) is 4.14. The number of amides is 1. The van der Waals surface area contributed by atoms with Crippen LogP contribution in [0, 0.1) is 0 Å². The molecule has 1 N–H and O–H groups in total. The molecule has 1 amide bonds. The quantitative estimate of drug-likeness (QED) is 0.786. The number of carbonyl (C=O) groups excluding carboxylic acids is 2. The Morgan fingerprint density at radius 2 is 1.94 bits per heavy atom. The minimum absolute atomic E-state index is 0.0907. The Morgan fingerprint density at radius 1 is 1.22 bits per heavy atom. The highest BCUT2D eigenvalue weighted by atomic mass is 35.5. The zero-order valence-corrected chi connectivity index (χ0v) is 10.2. The number of halogens is 1. The van der Waals surface area contributed by atoms with Crippen molar-refractivity contribution in [1.29, 1.82) is 0 Å². The molecule has 0 saturated heterocycles. The van der Waals surface area contributed by atoms with E-state index in [1.54, 1.807) is 12.1 Å². The van der Waals surface area contributed by atoms with Gasteiger partial charge in [0.25, 0.3) is 0 Å². The molecule has 1 aromatic carbocycles. The van der Waals surface area contributed by atoms with E-state index in [0.717, 1.165) is 5.56 Å². The lowest BCUT2D eigenvalue weighted by atomic mass is 9.85. The maximum Gasteiger partial charge on any atom is 0.336 e. The summed E-state index contributed by atoms with van der Waals surface area (Å²) in [6.07, 6.45) is 0.259. The molecule has 0 spiro atoms. The molecule has 0 aromatic heterocycles. The van der Waals surface area contributed by atoms with Gasteiger partial charge in [0.2, 0.25) is 5.91 Å². The van der Waals surface area contributed by atoms with Gasteiger partial charge in [0.1, 0.15) is 6.61 Å². The standard InChI is InChI=1S/C13H10ClNO3/c14-8-3-1-7(2-4-8)9-5-11(16)15-10-6-18-13(17)12(9)10/h1-4,9H,5-6H2,(H,15,16)/t9-/m0/s1. The molecule has 0 bridgehead atoms. The Balaban J connectivity index is 2.04. The van der Waals surface area contributed by atoms with Crippen molar-refractivity contribution < 1.29 is 14.3 Å². The van der Waals surface area contributed by atoms with Crippen LogP contribution in [0.1, 0.15) is 17.9 Å². The van der Waals surface area contributed by atoms with Crippen LogP contribution in [0.2, 0.25) is 5.02 Å². The Kier molecular flexibility index (Phi) is 2.59. The molecule has 2 aliphatic rings. The average Bonchev–Trinajstić information content (AvgIpc) is 2.71. The van der Waals surface area contributed by atoms with Gasteiger partial charge in [0, 0.05) is 17.4 Å². The molecule has 0 saturated carbocycles. The molecule has 0 unspecified atom stereocenters. The number of rotatable bonds is 1. The lowest BCUT2D eigenvalue weighted by Gasteiger charge is -2.22. The van der Waals surface area contributed by atoms with E-state index in [1.165, 1.54) is 0 Å². The van der Waals surface area contributed by atoms with E-state index in [-0.39, 0.29) is 30.8 Å². The molecule has 3 rings (SSSR count). The van der Waals surface area contributed by atoms with Crippen molar-refractivity contribution in [3.63, 3.8) is 0 Å². The number of ether oxygens (including phenoxy) is 1. The van der Waals surface area contributed by atoms with E-state index in [4.69, 9.17) is 16.3 Å². The highest BCUT2D eigenvalue weighted by Crippen LogP contribution is 2.36. The fourth-order valence-electron chi connectivity index (χ4n) is 2.36. The van der Waals surface area contributed by atoms with Crippen LogP contribution in [0.4, 0.5) is 0 Å². The fraction of sp³-hybridized carbons (Fsp3) is 0.231. The van der Waals surface area contributed by atoms with Crippen LogP contribution < -0.4 is 5.32 Å². The van der Waals surface area contributed by atoms with Crippen LogP contribution >= 0.6 is 11.6 Å². The molecule has 0 fully saturated rings. The first kappa shape index (κ1) is 11.3. The summed E-state index contributed by atoms with van der Waals surface area (Å²) in [4.78, 5) is 23.3. The van der Waals surface area contributed by atoms with Crippen LogP contribution in [-0.4, -0.2) is 18.5 Å². The van der Waals surface area contributed by atoms with Gasteiger partial charge in [0.05, 0.1) is 11.3 Å². The van der Waals surface area contributed by atoms with E-state index in [2.05, 4.69) is 5.32 Å². The molecule has 2 aliphatic heterocycles. The second-order valence-electron chi connectivity index (χ2n) is 4.32. The molecule has 1 aromatic rings. The zero-order chi connectivity index (χ0) is 12.7. The van der Waals surface area contributed by atoms with Crippen LogP contribution in [0.3, 0.4) is 0 Å². The lowest BCUT2D eigenvalue weighted by Crippen LogP contribution is -2.32. The summed E-state index contributed by atoms with van der Waals surface area (Å²) in [6, 6.07) is 7.18. The number of nitrogens with one attached hydrogen (secondary N) is 1. The van der Waals surface area contributed by atoms with Crippen LogP contribution in [0.15, 0.2) is 35.5 Å². The first-order chi connectivity index (χ1) is 8.65. The smallest absolute Gasteiger partial charge is 0.336 e. The molecule has 0 aliphatic carbocycles. The largest absolute Gasteiger partial charge is 0.456 e. The average molecular weight is 264 g/mol. The third kappa shape index (κ3) is 1.78. The van der Waals surface area contributed by atoms with E-state index >= 15 is 0 Å². The summed E-state index contributed by atoms with van der Waals surface area (Å²) in [5.74, 6) is -0.669. The number of hydrogen-bond donors (Lipinski definition) is 1. The number of benzene rings is 1. The number of hydrogen-bond acceptors (Lipinski definition) is 3. The minimum Gasteiger partial charge on any atom is -0.456 e. The first-order valence-electron chi connectivity index (χ1n) is 5.60. The van der Waals surface area contributed by atoms with Crippen molar-refractivity contribution in [1.82, 2.24) is 5.32 Å². The molecule has 18 heavy (non-hydrogen) atoms. The number of esters is 1. The maximum absolute atomic E-state index is 11.7. The van der Waals surface area contributed by atoms with E-state index in [1.807, 2.05) is 12.1 Å². The number of cyclic esters (lactones) is 1. The fourth-order valence-corrected chi connectivity index (χ4v) is 2.48. The van der Waals surface area contributed by atoms with Crippen LogP contribution in [0.25, 0.3) is 0 Å². The van der Waals surface area contributed by atoms with Gasteiger partial charge in [0.15, 0.2) is 0 Å². The van der Waals surface area contributed by atoms with Crippen molar-refractivity contribution in [2.45, 2.75) is 12.3 Å². The molecule has 5 heteroatoms. The third-order valence-corrected chi connectivity index (χ3v) is 3.45. The van der Waals surface area contributed by atoms with Gasteiger partial charge in [-0.05, 0) is 17.7 Å². The molecule has 2 heterocycles. The van der Waals surface area contributed by atoms with Gasteiger partial charge in [-0.1, -0.05) is 23.7 Å². The highest BCUT2D eigenvalue weighted by Gasteiger charge is 2.37. The SMILES string of the molecule is O=C1C[C@@H](c2ccc(Cl)cc2)C2=C(COC2=O)N1. The Bertz CT molecular complexity index is 562. The highest BCUT2D eigenvalue weighted by molar-refractivity contribution is 6.30. The zero-order valence-electron chi connectivity index (χ0n) is 9.40. The summed E-state index contributed by atoms with van der Waals surface area (Å²) in [6.45, 7) is 0.157. The Morgan fingerprint density at radius 3 is 2.67 bits per heavy atom. The van der Waals surface area contributed by atoms with Gasteiger partial charge in [-0.3, -0.25) is 4.79 Å². The summed E-state index contributed by atoms with van der Waals surface area (Å²) in [7, 11) is 0. The molecule has 0 radical (unpaired) electrons. The van der Waals surface area contributed by atoms with Crippen LogP contribution in [-0.2, 0) is 14.3 Å². The van der Waals surface area contributed by atoms with Gasteiger partial charge >= 0.3 is 5.97 Å². The van der Waals surface area contributed by atoms with Gasteiger partial charge in [-0.25, -0.2) is 4.79 Å². The molecule has 1 atom stereocenters. The van der Waals surface area contributed by atoms with Crippen molar-refractivity contribution >= 4 is 23.5 Å². The first-order valence-corrected chi connectivity index (χ1v) is 5.98. The molecule has 4 nitrogen and oxygen atoms in total. The Labute approximate surface area is 109 Å². The van der Waals surface area contributed by atoms with Gasteiger partial charge in [-0.2, -0.15) is 0 Å². The molecule has 92 valence electrons. The van der Waals surface area contributed by atoms with Gasteiger partial charge < -0.3 is 10.1 Å². The number of carbonyl (C=O) groups is 2. The summed E-state index contributed by atoms with van der Waals surface area (Å²) >= 11 is 5.84. The van der Waals surface area contributed by atoms with Gasteiger partial charge in [-0.15, -0.1) is 0 Å². The summed E-state index contributed by atoms with van der Waals surface area (Å²) < 4.78 is 4.97. The molecular weight excluding hydrogens is 254 g/mol. The van der Waals surface area contributed by atoms with E-state index in [0.29, 0.717) is 16.3 Å². The Hall–Kier alpha value is -1.81. The van der Waals surface area contributed by atoms with E-state index in [9.17, 15) is 9.59 Å². The topological polar surface area (TPSA) is 55.4 Å². The van der Waals surface area contributed by atoms with Crippen LogP contribution in [0.5, 0.6) is 0 Å². The maximum atomic E-state index is 11.7. The third-order valence-electron chi connectivity index (χ3n) is 3.19. The summed E-state index contributed by atoms with van der Waals surface area (Å²) in [5, 5.41) is 3.32. The van der Waals surface area contributed by atoms with Crippen molar-refractivity contribution in [3.05, 3.63) is 46.1 Å². The monoisotopic (exact) mass is 263 g/mol. The van der Waals surface area contributed by atoms with E-state index < -0.39 is 0 Å². The lowest BCUT2D eigenvalue weighted by molar-refractivity contribution is -0.136. The molecular formula is C13H10ClNO3. The van der Waals surface area contributed by atoms with Crippen molar-refractivity contribution in [2.24, 2.45) is 0 Å². The van der Waals surface area contributed by atoms with Crippen molar-refractivity contribution in [2.75, 3.05) is 6.61 Å². The summed E-state index contributed by atoms with van der Waals surface area (Å²) in [5.41, 5.74) is 2.06. The second-order valence-corrected chi connectivity index (χ2v) is 4.76. The predicted octanol–water partition coefficient (Wildman–Crippen LogP) is 1.75.